The summed E-state index contributed by atoms with van der Waals surface area (Å²) in [6.45, 7) is 7.17. The molecule has 2 aliphatic heterocycles. The molecule has 1 aromatic carbocycles. The number of methoxy groups -OCH3 is 1. The molecule has 1 saturated carbocycles. The molecule has 2 amide bonds. The number of nitrogens with zero attached hydrogens (tertiary/aromatic N) is 3. The second-order valence-electron chi connectivity index (χ2n) is 10.4. The van der Waals surface area contributed by atoms with Gasteiger partial charge in [-0.2, -0.15) is 0 Å². The van der Waals surface area contributed by atoms with E-state index in [2.05, 4.69) is 10.2 Å². The first-order chi connectivity index (χ1) is 17.0. The van der Waals surface area contributed by atoms with E-state index in [1.807, 2.05) is 40.7 Å². The lowest BCUT2D eigenvalue weighted by Crippen LogP contribution is -2.65. The molecule has 1 aliphatic carbocycles. The van der Waals surface area contributed by atoms with Crippen molar-refractivity contribution in [2.45, 2.75) is 63.6 Å². The summed E-state index contributed by atoms with van der Waals surface area (Å²) in [5.74, 6) is 0.626. The number of rotatable bonds is 7. The molecule has 1 aromatic heterocycles. The molecule has 8 nitrogen and oxygen atoms in total. The van der Waals surface area contributed by atoms with Gasteiger partial charge in [0, 0.05) is 43.7 Å². The van der Waals surface area contributed by atoms with Crippen LogP contribution in [0.5, 0.6) is 5.75 Å². The predicted molar refractivity (Wildman–Crippen MR) is 135 cm³/mol. The monoisotopic (exact) mass is 482 g/mol. The van der Waals surface area contributed by atoms with Gasteiger partial charge in [0.2, 0.25) is 5.91 Å². The zero-order valence-electron chi connectivity index (χ0n) is 21.1. The molecule has 35 heavy (non-hydrogen) atoms. The first-order valence-corrected chi connectivity index (χ1v) is 13.1. The third kappa shape index (κ3) is 4.78. The molecule has 1 atom stereocenters. The highest BCUT2D eigenvalue weighted by atomic mass is 16.5. The number of carbonyl (C=O) groups is 2. The summed E-state index contributed by atoms with van der Waals surface area (Å²) >= 11 is 0. The molecule has 0 radical (unpaired) electrons. The Morgan fingerprint density at radius 3 is 2.66 bits per heavy atom. The van der Waals surface area contributed by atoms with Crippen molar-refractivity contribution in [2.75, 3.05) is 46.5 Å². The van der Waals surface area contributed by atoms with Crippen molar-refractivity contribution in [1.82, 2.24) is 19.7 Å². The maximum atomic E-state index is 13.9. The fourth-order valence-corrected chi connectivity index (χ4v) is 5.87. The van der Waals surface area contributed by atoms with E-state index in [1.54, 1.807) is 7.11 Å². The van der Waals surface area contributed by atoms with Gasteiger partial charge in [-0.15, -0.1) is 0 Å². The molecule has 190 valence electrons. The molecular weight excluding hydrogens is 444 g/mol. The topological polar surface area (TPSA) is 76.0 Å². The second-order valence-corrected chi connectivity index (χ2v) is 10.4. The number of amides is 2. The van der Waals surface area contributed by atoms with Crippen LogP contribution in [-0.4, -0.2) is 84.3 Å². The van der Waals surface area contributed by atoms with Crippen LogP contribution >= 0.6 is 0 Å². The van der Waals surface area contributed by atoms with Crippen molar-refractivity contribution in [2.24, 2.45) is 0 Å². The van der Waals surface area contributed by atoms with E-state index >= 15 is 0 Å². The largest absolute Gasteiger partial charge is 0.497 e. The first-order valence-electron chi connectivity index (χ1n) is 13.1. The van der Waals surface area contributed by atoms with Crippen molar-refractivity contribution in [3.63, 3.8) is 0 Å². The molecule has 0 bridgehead atoms. The van der Waals surface area contributed by atoms with Gasteiger partial charge in [0.25, 0.3) is 5.91 Å². The van der Waals surface area contributed by atoms with Crippen LogP contribution in [0.2, 0.25) is 0 Å². The lowest BCUT2D eigenvalue weighted by molar-refractivity contribution is -0.133. The Hall–Kier alpha value is -2.58. The van der Waals surface area contributed by atoms with Gasteiger partial charge in [-0.3, -0.25) is 14.5 Å². The number of benzene rings is 1. The SMILES string of the molecule is COc1ccc2cc3n(c2c1)CC(C)(C(=O)NC1CCCCC1)N(CCCN1CCOCC1)C3=O. The van der Waals surface area contributed by atoms with Crippen LogP contribution in [0.4, 0.5) is 0 Å². The summed E-state index contributed by atoms with van der Waals surface area (Å²) in [6.07, 6.45) is 6.39. The van der Waals surface area contributed by atoms with E-state index in [-0.39, 0.29) is 17.9 Å². The van der Waals surface area contributed by atoms with E-state index in [4.69, 9.17) is 9.47 Å². The maximum absolute atomic E-state index is 13.9. The number of ether oxygens (including phenoxy) is 2. The van der Waals surface area contributed by atoms with Gasteiger partial charge in [0.1, 0.15) is 17.0 Å². The Kier molecular flexibility index (Phi) is 7.02. The van der Waals surface area contributed by atoms with Crippen molar-refractivity contribution in [1.29, 1.82) is 0 Å². The lowest BCUT2D eigenvalue weighted by atomic mass is 9.91. The highest BCUT2D eigenvalue weighted by molar-refractivity contribution is 6.03. The smallest absolute Gasteiger partial charge is 0.271 e. The molecule has 2 aromatic rings. The van der Waals surface area contributed by atoms with E-state index in [0.717, 1.165) is 81.6 Å². The van der Waals surface area contributed by atoms with Crippen LogP contribution in [0.3, 0.4) is 0 Å². The Labute approximate surface area is 207 Å². The number of hydrogen-bond acceptors (Lipinski definition) is 5. The van der Waals surface area contributed by atoms with Gasteiger partial charge in [-0.25, -0.2) is 0 Å². The zero-order valence-corrected chi connectivity index (χ0v) is 21.1. The quantitative estimate of drug-likeness (QED) is 0.657. The van der Waals surface area contributed by atoms with Gasteiger partial charge in [-0.1, -0.05) is 19.3 Å². The highest BCUT2D eigenvalue weighted by Crippen LogP contribution is 2.34. The van der Waals surface area contributed by atoms with Crippen LogP contribution in [0.15, 0.2) is 24.3 Å². The van der Waals surface area contributed by atoms with E-state index in [1.165, 1.54) is 6.42 Å². The summed E-state index contributed by atoms with van der Waals surface area (Å²) in [5.41, 5.74) is 0.613. The fourth-order valence-electron chi connectivity index (χ4n) is 5.87. The Morgan fingerprint density at radius 2 is 1.91 bits per heavy atom. The molecule has 1 N–H and O–H groups in total. The standard InChI is InChI=1S/C27H38N4O4/c1-27(26(33)28-21-7-4-3-5-8-21)19-30-23-18-22(34-2)10-9-20(23)17-24(30)25(32)31(27)12-6-11-29-13-15-35-16-14-29/h9-10,17-18,21H,3-8,11-16,19H2,1-2H3,(H,28,33). The Morgan fingerprint density at radius 1 is 1.14 bits per heavy atom. The maximum Gasteiger partial charge on any atom is 0.271 e. The third-order valence-electron chi connectivity index (χ3n) is 8.03. The van der Waals surface area contributed by atoms with Gasteiger partial charge >= 0.3 is 0 Å². The van der Waals surface area contributed by atoms with E-state index in [9.17, 15) is 9.59 Å². The number of hydrogen-bond donors (Lipinski definition) is 1. The third-order valence-corrected chi connectivity index (χ3v) is 8.03. The van der Waals surface area contributed by atoms with Crippen LogP contribution in [0.1, 0.15) is 55.9 Å². The molecule has 2 fully saturated rings. The number of aromatic nitrogens is 1. The van der Waals surface area contributed by atoms with Crippen LogP contribution in [-0.2, 0) is 16.1 Å². The van der Waals surface area contributed by atoms with Crippen molar-refractivity contribution in [3.8, 4) is 5.75 Å². The fraction of sp³-hybridized carbons (Fsp3) is 0.630. The van der Waals surface area contributed by atoms with Crippen LogP contribution in [0.25, 0.3) is 10.9 Å². The minimum Gasteiger partial charge on any atom is -0.497 e. The minimum absolute atomic E-state index is 0.0421. The summed E-state index contributed by atoms with van der Waals surface area (Å²) in [7, 11) is 1.64. The van der Waals surface area contributed by atoms with Gasteiger partial charge < -0.3 is 24.3 Å². The molecule has 1 saturated heterocycles. The van der Waals surface area contributed by atoms with Crippen molar-refractivity contribution >= 4 is 22.7 Å². The highest BCUT2D eigenvalue weighted by Gasteiger charge is 2.48. The van der Waals surface area contributed by atoms with Crippen LogP contribution < -0.4 is 10.1 Å². The number of morpholine rings is 1. The van der Waals surface area contributed by atoms with Crippen LogP contribution in [0, 0.1) is 0 Å². The average molecular weight is 483 g/mol. The van der Waals surface area contributed by atoms with Crippen molar-refractivity contribution in [3.05, 3.63) is 30.0 Å². The van der Waals surface area contributed by atoms with Gasteiger partial charge in [0.05, 0.1) is 32.4 Å². The summed E-state index contributed by atoms with van der Waals surface area (Å²) in [4.78, 5) is 31.9. The minimum atomic E-state index is -0.957. The number of fused-ring (bicyclic) bond motifs is 3. The predicted octanol–water partition coefficient (Wildman–Crippen LogP) is 3.04. The van der Waals surface area contributed by atoms with Gasteiger partial charge in [0.15, 0.2) is 0 Å². The Balaban J connectivity index is 1.43. The van der Waals surface area contributed by atoms with E-state index in [0.29, 0.717) is 18.8 Å². The molecule has 5 rings (SSSR count). The molecule has 8 heteroatoms. The van der Waals surface area contributed by atoms with Crippen molar-refractivity contribution < 1.29 is 19.1 Å². The average Bonchev–Trinajstić information content (AvgIpc) is 3.24. The summed E-state index contributed by atoms with van der Waals surface area (Å²) < 4.78 is 12.9. The zero-order chi connectivity index (χ0) is 24.4. The second kappa shape index (κ2) is 10.2. The lowest BCUT2D eigenvalue weighted by Gasteiger charge is -2.45. The Bertz CT molecular complexity index is 1070. The number of nitrogens with one attached hydrogen (secondary N) is 1. The normalized spacial score (nSPS) is 23.9. The molecular formula is C27H38N4O4. The first kappa shape index (κ1) is 24.1. The van der Waals surface area contributed by atoms with E-state index < -0.39 is 5.54 Å². The molecule has 3 aliphatic rings. The van der Waals surface area contributed by atoms with Gasteiger partial charge in [-0.05, 0) is 44.4 Å². The molecule has 3 heterocycles. The number of carbonyl (C=O) groups excluding carboxylic acids is 2. The summed E-state index contributed by atoms with van der Waals surface area (Å²) in [6, 6.07) is 7.99. The summed E-state index contributed by atoms with van der Waals surface area (Å²) in [5, 5.41) is 4.30. The molecule has 1 unspecified atom stereocenters. The molecule has 0 spiro atoms.